The molecule has 0 aliphatic carbocycles. The second-order valence-corrected chi connectivity index (χ2v) is 2.21. The molecule has 0 aromatic rings. The lowest BCUT2D eigenvalue weighted by Gasteiger charge is -2.27. The van der Waals surface area contributed by atoms with Crippen molar-refractivity contribution in [3.63, 3.8) is 0 Å². The van der Waals surface area contributed by atoms with Crippen LogP contribution in [-0.4, -0.2) is 12.1 Å². The molecule has 50 valence electrons. The van der Waals surface area contributed by atoms with E-state index in [2.05, 4.69) is 13.5 Å². The van der Waals surface area contributed by atoms with Gasteiger partial charge >= 0.3 is 5.97 Å². The molecule has 2 nitrogen and oxygen atoms in total. The molecular weight excluding hydrogens is 116 g/mol. The van der Waals surface area contributed by atoms with Gasteiger partial charge in [-0.05, 0) is 6.42 Å². The van der Waals surface area contributed by atoms with Gasteiger partial charge in [-0.1, -0.05) is 19.9 Å². The Hall–Kier alpha value is -0.790. The van der Waals surface area contributed by atoms with Gasteiger partial charge in [0, 0.05) is 0 Å². The minimum Gasteiger partial charge on any atom is -0.454 e. The number of cyclic esters (lactones) is 1. The molecule has 1 aliphatic heterocycles. The van der Waals surface area contributed by atoms with Crippen molar-refractivity contribution in [1.82, 2.24) is 0 Å². The van der Waals surface area contributed by atoms with Crippen LogP contribution in [-0.2, 0) is 9.53 Å². The van der Waals surface area contributed by atoms with Crippen LogP contribution in [0.2, 0.25) is 0 Å². The number of esters is 1. The van der Waals surface area contributed by atoms with Crippen molar-refractivity contribution in [2.45, 2.75) is 25.9 Å². The minimum atomic E-state index is -0.228. The molecule has 1 fully saturated rings. The fourth-order valence-electron chi connectivity index (χ4n) is 0.845. The maximum absolute atomic E-state index is 10.4. The predicted octanol–water partition coefficient (Wildman–Crippen LogP) is 1.27. The monoisotopic (exact) mass is 126 g/mol. The average molecular weight is 126 g/mol. The molecule has 0 saturated carbocycles. The van der Waals surface area contributed by atoms with Gasteiger partial charge in [-0.25, -0.2) is 4.79 Å². The zero-order valence-corrected chi connectivity index (χ0v) is 5.52. The minimum absolute atomic E-state index is 0.0301. The van der Waals surface area contributed by atoms with Gasteiger partial charge in [-0.3, -0.25) is 0 Å². The van der Waals surface area contributed by atoms with E-state index < -0.39 is 0 Å². The Labute approximate surface area is 54.5 Å². The van der Waals surface area contributed by atoms with Crippen molar-refractivity contribution in [2.24, 2.45) is 0 Å². The Bertz CT molecular complexity index is 149. The Morgan fingerprint density at radius 3 is 2.78 bits per heavy atom. The maximum Gasteiger partial charge on any atom is 0.337 e. The van der Waals surface area contributed by atoms with Crippen LogP contribution in [0.15, 0.2) is 12.2 Å². The Balaban J connectivity index is 2.33. The van der Waals surface area contributed by atoms with Crippen molar-refractivity contribution in [3.05, 3.63) is 12.2 Å². The molecule has 0 N–H and O–H groups in total. The van der Waals surface area contributed by atoms with Crippen molar-refractivity contribution in [2.75, 3.05) is 0 Å². The first-order valence-corrected chi connectivity index (χ1v) is 3.15. The SMILES string of the molecule is C=C1C(=O)OC1CCC. The van der Waals surface area contributed by atoms with Crippen LogP contribution in [0.5, 0.6) is 0 Å². The summed E-state index contributed by atoms with van der Waals surface area (Å²) >= 11 is 0. The van der Waals surface area contributed by atoms with Gasteiger partial charge in [0.15, 0.2) is 0 Å². The molecule has 0 bridgehead atoms. The van der Waals surface area contributed by atoms with Crippen molar-refractivity contribution in [1.29, 1.82) is 0 Å². The summed E-state index contributed by atoms with van der Waals surface area (Å²) in [6.07, 6.45) is 1.99. The molecule has 0 spiro atoms. The molecule has 1 heterocycles. The van der Waals surface area contributed by atoms with Crippen LogP contribution in [0.4, 0.5) is 0 Å². The van der Waals surface area contributed by atoms with E-state index in [0.29, 0.717) is 5.57 Å². The van der Waals surface area contributed by atoms with Gasteiger partial charge in [0.2, 0.25) is 0 Å². The first-order chi connectivity index (χ1) is 4.25. The third-order valence-corrected chi connectivity index (χ3v) is 1.45. The molecule has 1 aliphatic rings. The highest BCUT2D eigenvalue weighted by molar-refractivity contribution is 5.94. The van der Waals surface area contributed by atoms with E-state index in [9.17, 15) is 4.79 Å². The van der Waals surface area contributed by atoms with Crippen molar-refractivity contribution < 1.29 is 9.53 Å². The summed E-state index contributed by atoms with van der Waals surface area (Å²) in [7, 11) is 0. The fourth-order valence-corrected chi connectivity index (χ4v) is 0.845. The average Bonchev–Trinajstić information content (AvgIpc) is 1.88. The van der Waals surface area contributed by atoms with Crippen LogP contribution < -0.4 is 0 Å². The normalized spacial score (nSPS) is 25.2. The second kappa shape index (κ2) is 2.21. The second-order valence-electron chi connectivity index (χ2n) is 2.21. The largest absolute Gasteiger partial charge is 0.454 e. The molecule has 0 aromatic carbocycles. The predicted molar refractivity (Wildman–Crippen MR) is 33.9 cm³/mol. The highest BCUT2D eigenvalue weighted by Gasteiger charge is 2.32. The fraction of sp³-hybridized carbons (Fsp3) is 0.571. The number of carbonyl (C=O) groups excluding carboxylic acids is 1. The van der Waals surface area contributed by atoms with Crippen molar-refractivity contribution >= 4 is 5.97 Å². The van der Waals surface area contributed by atoms with Crippen LogP contribution in [0.25, 0.3) is 0 Å². The first kappa shape index (κ1) is 6.33. The van der Waals surface area contributed by atoms with E-state index in [4.69, 9.17) is 4.74 Å². The third-order valence-electron chi connectivity index (χ3n) is 1.45. The molecule has 0 amide bonds. The Morgan fingerprint density at radius 1 is 1.78 bits per heavy atom. The smallest absolute Gasteiger partial charge is 0.337 e. The Kier molecular flexibility index (Phi) is 1.56. The Morgan fingerprint density at radius 2 is 2.44 bits per heavy atom. The molecule has 9 heavy (non-hydrogen) atoms. The van der Waals surface area contributed by atoms with Gasteiger partial charge < -0.3 is 4.74 Å². The lowest BCUT2D eigenvalue weighted by Crippen LogP contribution is -2.35. The van der Waals surface area contributed by atoms with Crippen molar-refractivity contribution in [3.8, 4) is 0 Å². The van der Waals surface area contributed by atoms with Gasteiger partial charge in [0.25, 0.3) is 0 Å². The van der Waals surface area contributed by atoms with E-state index in [-0.39, 0.29) is 12.1 Å². The molecule has 1 rings (SSSR count). The van der Waals surface area contributed by atoms with E-state index in [1.54, 1.807) is 0 Å². The zero-order chi connectivity index (χ0) is 6.85. The first-order valence-electron chi connectivity index (χ1n) is 3.15. The van der Waals surface area contributed by atoms with Gasteiger partial charge in [0.05, 0.1) is 5.57 Å². The summed E-state index contributed by atoms with van der Waals surface area (Å²) in [5, 5.41) is 0. The van der Waals surface area contributed by atoms with E-state index >= 15 is 0 Å². The lowest BCUT2D eigenvalue weighted by atomic mass is 10.0. The van der Waals surface area contributed by atoms with Gasteiger partial charge in [-0.2, -0.15) is 0 Å². The molecule has 1 atom stereocenters. The lowest BCUT2D eigenvalue weighted by molar-refractivity contribution is -0.156. The van der Waals surface area contributed by atoms with Gasteiger partial charge in [0.1, 0.15) is 6.10 Å². The zero-order valence-electron chi connectivity index (χ0n) is 5.52. The topological polar surface area (TPSA) is 26.3 Å². The van der Waals surface area contributed by atoms with E-state index in [1.807, 2.05) is 0 Å². The number of hydrogen-bond donors (Lipinski definition) is 0. The summed E-state index contributed by atoms with van der Waals surface area (Å²) in [5.41, 5.74) is 0.636. The summed E-state index contributed by atoms with van der Waals surface area (Å²) in [6, 6.07) is 0. The maximum atomic E-state index is 10.4. The quantitative estimate of drug-likeness (QED) is 0.411. The molecule has 1 unspecified atom stereocenters. The van der Waals surface area contributed by atoms with E-state index in [1.165, 1.54) is 0 Å². The standard InChI is InChI=1S/C7H10O2/c1-3-4-6-5(2)7(8)9-6/h6H,2-4H2,1H3. The summed E-state index contributed by atoms with van der Waals surface area (Å²) in [5.74, 6) is -0.228. The number of carbonyl (C=O) groups is 1. The van der Waals surface area contributed by atoms with Gasteiger partial charge in [-0.15, -0.1) is 0 Å². The summed E-state index contributed by atoms with van der Waals surface area (Å²) in [6.45, 7) is 5.62. The third kappa shape index (κ3) is 0.969. The van der Waals surface area contributed by atoms with Crippen LogP contribution in [0.1, 0.15) is 19.8 Å². The molecule has 2 heteroatoms. The number of hydrogen-bond acceptors (Lipinski definition) is 2. The summed E-state index contributed by atoms with van der Waals surface area (Å²) in [4.78, 5) is 10.4. The van der Waals surface area contributed by atoms with Crippen LogP contribution in [0.3, 0.4) is 0 Å². The van der Waals surface area contributed by atoms with Crippen LogP contribution in [0, 0.1) is 0 Å². The van der Waals surface area contributed by atoms with E-state index in [0.717, 1.165) is 12.8 Å². The number of rotatable bonds is 2. The van der Waals surface area contributed by atoms with Crippen LogP contribution >= 0.6 is 0 Å². The number of ether oxygens (including phenoxy) is 1. The molecule has 0 radical (unpaired) electrons. The highest BCUT2D eigenvalue weighted by Crippen LogP contribution is 2.22. The molecular formula is C7H10O2. The molecule has 0 aromatic heterocycles. The molecule has 1 saturated heterocycles. The summed E-state index contributed by atoms with van der Waals surface area (Å²) < 4.78 is 4.75. The highest BCUT2D eigenvalue weighted by atomic mass is 16.6.